The summed E-state index contributed by atoms with van der Waals surface area (Å²) in [6.07, 6.45) is -2.91. The fourth-order valence-corrected chi connectivity index (χ4v) is 10.7. The van der Waals surface area contributed by atoms with E-state index in [9.17, 15) is 66.6 Å². The van der Waals surface area contributed by atoms with Gasteiger partial charge in [-0.3, -0.25) is 58.8 Å². The van der Waals surface area contributed by atoms with Crippen molar-refractivity contribution in [3.8, 4) is 0 Å². The molecular weight excluding hydrogens is 1240 g/mol. The maximum absolute atomic E-state index is 14.7. The van der Waals surface area contributed by atoms with E-state index in [0.29, 0.717) is 25.7 Å². The molecule has 1 saturated carbocycles. The first-order valence-electron chi connectivity index (χ1n) is 32.9. The van der Waals surface area contributed by atoms with Gasteiger partial charge >= 0.3 is 5.97 Å². The molecule has 20 N–H and O–H groups in total. The van der Waals surface area contributed by atoms with E-state index in [2.05, 4.69) is 69.1 Å². The number of amides is 10. The molecule has 1 aromatic carbocycles. The zero-order valence-electron chi connectivity index (χ0n) is 56.6. The maximum atomic E-state index is 14.7. The minimum absolute atomic E-state index is 0.0486. The predicted octanol–water partition coefficient (Wildman–Crippen LogP) is -1.23. The first-order chi connectivity index (χ1) is 44.8. The van der Waals surface area contributed by atoms with Gasteiger partial charge in [0.25, 0.3) is 0 Å². The fourth-order valence-electron chi connectivity index (χ4n) is 10.7. The number of aliphatic hydroxyl groups excluding tert-OH is 1. The second-order valence-electron chi connectivity index (χ2n) is 25.0. The summed E-state index contributed by atoms with van der Waals surface area (Å²) in [6.45, 7) is 15.2. The summed E-state index contributed by atoms with van der Waals surface area (Å²) < 4.78 is 32.9. The number of carbonyl (C=O) groups excluding carboxylic acids is 11. The Labute approximate surface area is 554 Å². The number of hydrogen-bond donors (Lipinski definition) is 18. The molecule has 2 unspecified atom stereocenters. The van der Waals surface area contributed by atoms with Crippen LogP contribution in [-0.4, -0.2) is 187 Å². The van der Waals surface area contributed by atoms with E-state index >= 15 is 0 Å². The Balaban J connectivity index is 1.93. The molecule has 32 heteroatoms. The van der Waals surface area contributed by atoms with Crippen LogP contribution in [0.1, 0.15) is 145 Å². The van der Waals surface area contributed by atoms with E-state index < -0.39 is 186 Å². The number of benzene rings is 1. The topological polar surface area (TPSA) is 473 Å². The number of carbonyl (C=O) groups is 11. The third kappa shape index (κ3) is 25.1. The normalized spacial score (nSPS) is 22.4. The van der Waals surface area contributed by atoms with Gasteiger partial charge in [-0.1, -0.05) is 111 Å². The SMILES string of the molecule is CC[C@H](C)[C@H](NC(=O)[C@@H](CCc1ccccc1)NC)C(=O)N[C@@H](CCCNC(=N)N)C(=O)N[C@H](CCCNC(=N)N)C(=O)N[C@@H](C(=O)N[C@H](C(=O)N[C@@H](CO)C(=O)N[C@H]1C(=O)N[C@@H](C)C(=O)NC2(CC2CC(F)F)C(=O)N[C@@H]([C@@H](C)CC)C(=O)O[C@H]1C)[C@@H](C)CC)[C@@H](C)CC. The van der Waals surface area contributed by atoms with Gasteiger partial charge in [0.2, 0.25) is 65.5 Å². The summed E-state index contributed by atoms with van der Waals surface area (Å²) in [6, 6.07) is -4.43. The van der Waals surface area contributed by atoms with E-state index in [0.717, 1.165) is 5.56 Å². The van der Waals surface area contributed by atoms with Gasteiger partial charge in [-0.2, -0.15) is 0 Å². The number of alkyl halides is 2. The largest absolute Gasteiger partial charge is 0.458 e. The van der Waals surface area contributed by atoms with Crippen LogP contribution in [0, 0.1) is 40.4 Å². The Morgan fingerprint density at radius 2 is 1.11 bits per heavy atom. The molecule has 1 aromatic rings. The van der Waals surface area contributed by atoms with Crippen LogP contribution in [0.5, 0.6) is 0 Å². The molecule has 10 amide bonds. The van der Waals surface area contributed by atoms with Gasteiger partial charge in [-0.25, -0.2) is 13.6 Å². The molecule has 534 valence electrons. The van der Waals surface area contributed by atoms with Crippen LogP contribution in [0.2, 0.25) is 0 Å². The average molecular weight is 1350 g/mol. The summed E-state index contributed by atoms with van der Waals surface area (Å²) in [5.41, 5.74) is 10.2. The highest BCUT2D eigenvalue weighted by molar-refractivity contribution is 6.01. The molecule has 1 aliphatic heterocycles. The minimum Gasteiger partial charge on any atom is -0.458 e. The van der Waals surface area contributed by atoms with Crippen LogP contribution in [-0.2, 0) is 63.9 Å². The number of hydrogen-bond acceptors (Lipinski definition) is 16. The monoisotopic (exact) mass is 1350 g/mol. The summed E-state index contributed by atoms with van der Waals surface area (Å²) in [4.78, 5) is 156. The highest BCUT2D eigenvalue weighted by Gasteiger charge is 2.62. The van der Waals surface area contributed by atoms with Crippen LogP contribution < -0.4 is 80.6 Å². The zero-order valence-corrected chi connectivity index (χ0v) is 56.6. The van der Waals surface area contributed by atoms with Crippen LogP contribution in [0.4, 0.5) is 8.78 Å². The molecule has 1 heterocycles. The van der Waals surface area contributed by atoms with E-state index in [1.54, 1.807) is 55.5 Å². The summed E-state index contributed by atoms with van der Waals surface area (Å²) >= 11 is 0. The number of guanidine groups is 2. The summed E-state index contributed by atoms with van der Waals surface area (Å²) in [5, 5.41) is 60.3. The van der Waals surface area contributed by atoms with Crippen LogP contribution >= 0.6 is 0 Å². The molecular formula is C63H105F2N17O13. The molecule has 1 saturated heterocycles. The quantitative estimate of drug-likeness (QED) is 0.0160. The van der Waals surface area contributed by atoms with Crippen molar-refractivity contribution in [1.82, 2.24) is 69.1 Å². The first kappa shape index (κ1) is 80.9. The second kappa shape index (κ2) is 39.5. The van der Waals surface area contributed by atoms with Crippen LogP contribution in [0.3, 0.4) is 0 Å². The number of halogens is 2. The Morgan fingerprint density at radius 3 is 1.57 bits per heavy atom. The number of esters is 1. The Morgan fingerprint density at radius 1 is 0.642 bits per heavy atom. The van der Waals surface area contributed by atoms with E-state index in [-0.39, 0.29) is 70.0 Å². The van der Waals surface area contributed by atoms with Crippen molar-refractivity contribution >= 4 is 77.0 Å². The minimum atomic E-state index is -2.83. The molecule has 95 heavy (non-hydrogen) atoms. The lowest BCUT2D eigenvalue weighted by atomic mass is 9.94. The number of likely N-dealkylation sites (N-methyl/N-ethyl adjacent to an activating group) is 1. The van der Waals surface area contributed by atoms with Gasteiger partial charge in [0.15, 0.2) is 11.9 Å². The molecule has 2 fully saturated rings. The molecule has 0 radical (unpaired) electrons. The number of aryl methyl sites for hydroxylation is 1. The van der Waals surface area contributed by atoms with Crippen molar-refractivity contribution in [1.29, 1.82) is 10.8 Å². The van der Waals surface area contributed by atoms with E-state index in [1.807, 2.05) is 37.3 Å². The van der Waals surface area contributed by atoms with Crippen molar-refractivity contribution in [3.63, 3.8) is 0 Å². The van der Waals surface area contributed by atoms with Gasteiger partial charge < -0.3 is 90.4 Å². The highest BCUT2D eigenvalue weighted by Crippen LogP contribution is 2.48. The van der Waals surface area contributed by atoms with E-state index in [1.165, 1.54) is 13.8 Å². The number of aliphatic hydroxyl groups is 1. The zero-order chi connectivity index (χ0) is 71.4. The molecule has 0 bridgehead atoms. The molecule has 3 rings (SSSR count). The Hall–Kier alpha value is -8.29. The fraction of sp³-hybridized carbons (Fsp3) is 0.698. The summed E-state index contributed by atoms with van der Waals surface area (Å²) in [5.74, 6) is -14.0. The number of nitrogens with two attached hydrogens (primary N) is 2. The molecule has 1 aliphatic carbocycles. The van der Waals surface area contributed by atoms with Gasteiger partial charge in [-0.15, -0.1) is 0 Å². The maximum Gasteiger partial charge on any atom is 0.329 e. The van der Waals surface area contributed by atoms with Gasteiger partial charge in [0, 0.05) is 19.5 Å². The third-order valence-electron chi connectivity index (χ3n) is 17.8. The molecule has 30 nitrogen and oxygen atoms in total. The lowest BCUT2D eigenvalue weighted by Crippen LogP contribution is -2.63. The van der Waals surface area contributed by atoms with Crippen molar-refractivity contribution in [2.75, 3.05) is 26.7 Å². The predicted molar refractivity (Wildman–Crippen MR) is 349 cm³/mol. The smallest absolute Gasteiger partial charge is 0.329 e. The third-order valence-corrected chi connectivity index (χ3v) is 17.8. The molecule has 17 atom stereocenters. The second-order valence-corrected chi connectivity index (χ2v) is 25.0. The lowest BCUT2D eigenvalue weighted by molar-refractivity contribution is -0.157. The van der Waals surface area contributed by atoms with Crippen LogP contribution in [0.15, 0.2) is 30.3 Å². The highest BCUT2D eigenvalue weighted by atomic mass is 19.3. The average Bonchev–Trinajstić information content (AvgIpc) is 1.58. The van der Waals surface area contributed by atoms with Crippen molar-refractivity contribution in [2.45, 2.75) is 225 Å². The first-order valence-corrected chi connectivity index (χ1v) is 32.9. The number of cyclic esters (lactones) is 1. The van der Waals surface area contributed by atoms with Crippen molar-refractivity contribution in [2.24, 2.45) is 41.1 Å². The van der Waals surface area contributed by atoms with E-state index in [4.69, 9.17) is 27.0 Å². The number of nitrogens with one attached hydrogen (secondary N) is 15. The van der Waals surface area contributed by atoms with Crippen LogP contribution in [0.25, 0.3) is 0 Å². The molecule has 2 aliphatic rings. The number of rotatable bonds is 37. The Kier molecular flexibility index (Phi) is 33.7. The Bertz CT molecular complexity index is 2790. The van der Waals surface area contributed by atoms with Crippen molar-refractivity contribution < 1.29 is 71.4 Å². The standard InChI is InChI=1S/C63H105F2N17O13/c1-12-32(5)45(77-51(85)40(70-11)26-25-38-21-17-16-18-22-38)55(89)75-41(23-19-27-71-61(66)67)52(86)74-42(24-20-28-72-62(68)69)53(87)78-47(34(7)14-3)57(91)79-46(33(6)13-2)56(90)76-43(31-83)54(88)80-49-37(10)95-59(93)48(35(8)15-4)81-60(94)63(30-39(63)29-44(64)65)82-50(84)36(9)73-58(49)92/h16-18,21-22,32-37,39-49,70,83H,12-15,19-20,23-31H2,1-11H3,(H,73,92)(H,74,86)(H,75,89)(H,76,90)(H,77,85)(H,78,87)(H,79,91)(H,80,88)(H,81,94)(H,82,84)(H4,66,67,71)(H4,68,69,72)/t32-,33-,34-,35-,36-,37-,39?,40+,41-,42+,43-,45-,46-,47+,48-,49+,63?/m0/s1. The lowest BCUT2D eigenvalue weighted by Gasteiger charge is -2.31. The molecule has 1 spiro atoms. The van der Waals surface area contributed by atoms with Gasteiger partial charge in [-0.05, 0) is 101 Å². The van der Waals surface area contributed by atoms with Crippen molar-refractivity contribution in [3.05, 3.63) is 35.9 Å². The number of ether oxygens (including phenoxy) is 1. The molecule has 0 aromatic heterocycles. The summed E-state index contributed by atoms with van der Waals surface area (Å²) in [7, 11) is 1.63. The van der Waals surface area contributed by atoms with Gasteiger partial charge in [0.05, 0.1) is 12.6 Å². The van der Waals surface area contributed by atoms with Gasteiger partial charge in [0.1, 0.15) is 66.0 Å².